The Balaban J connectivity index is 1.42. The molecule has 1 heterocycles. The third kappa shape index (κ3) is 4.62. The minimum atomic E-state index is -0.0493. The van der Waals surface area contributed by atoms with Gasteiger partial charge in [0.2, 0.25) is 0 Å². The molecule has 3 aromatic carbocycles. The van der Waals surface area contributed by atoms with E-state index in [0.29, 0.717) is 6.61 Å². The summed E-state index contributed by atoms with van der Waals surface area (Å²) in [5, 5.41) is 3.13. The molecule has 5 heteroatoms. The first-order chi connectivity index (χ1) is 14.6. The number of thioether (sulfide) groups is 1. The molecule has 0 aromatic heterocycles. The Kier molecular flexibility index (Phi) is 6.29. The Labute approximate surface area is 182 Å². The molecule has 0 saturated carbocycles. The van der Waals surface area contributed by atoms with Gasteiger partial charge in [0, 0.05) is 18.0 Å². The number of nitrogens with one attached hydrogen (secondary N) is 1. The number of urea groups is 1. The minimum absolute atomic E-state index is 0.0116. The number of ether oxygens (including phenoxy) is 1. The number of benzene rings is 3. The van der Waals surface area contributed by atoms with Crippen molar-refractivity contribution in [3.63, 3.8) is 0 Å². The smallest absolute Gasteiger partial charge is 0.323 e. The van der Waals surface area contributed by atoms with Crippen LogP contribution in [0.2, 0.25) is 0 Å². The van der Waals surface area contributed by atoms with E-state index in [-0.39, 0.29) is 11.4 Å². The molecule has 4 nitrogen and oxygen atoms in total. The Morgan fingerprint density at radius 3 is 2.40 bits per heavy atom. The van der Waals surface area contributed by atoms with Crippen LogP contribution in [0.15, 0.2) is 72.8 Å². The molecule has 1 unspecified atom stereocenters. The van der Waals surface area contributed by atoms with Gasteiger partial charge in [0.25, 0.3) is 0 Å². The van der Waals surface area contributed by atoms with Gasteiger partial charge in [-0.25, -0.2) is 4.79 Å². The van der Waals surface area contributed by atoms with Crippen molar-refractivity contribution in [1.82, 2.24) is 4.90 Å². The third-order valence-corrected chi connectivity index (χ3v) is 6.54. The highest BCUT2D eigenvalue weighted by Gasteiger charge is 2.31. The Morgan fingerprint density at radius 1 is 1.00 bits per heavy atom. The van der Waals surface area contributed by atoms with Crippen molar-refractivity contribution >= 4 is 23.5 Å². The van der Waals surface area contributed by atoms with Gasteiger partial charge in [0.15, 0.2) is 0 Å². The maximum Gasteiger partial charge on any atom is 0.323 e. The van der Waals surface area contributed by atoms with E-state index in [1.807, 2.05) is 67.3 Å². The molecule has 1 aliphatic heterocycles. The van der Waals surface area contributed by atoms with Crippen LogP contribution in [0.5, 0.6) is 5.75 Å². The number of carbonyl (C=O) groups is 1. The zero-order chi connectivity index (χ0) is 20.9. The molecular formula is C25H26N2O2S. The van der Waals surface area contributed by atoms with Crippen LogP contribution in [-0.2, 0) is 6.61 Å². The molecular weight excluding hydrogens is 392 g/mol. The monoisotopic (exact) mass is 418 g/mol. The van der Waals surface area contributed by atoms with E-state index in [1.165, 1.54) is 0 Å². The molecule has 0 bridgehead atoms. The summed E-state index contributed by atoms with van der Waals surface area (Å²) < 4.78 is 5.89. The third-order valence-electron chi connectivity index (χ3n) is 5.28. The summed E-state index contributed by atoms with van der Waals surface area (Å²) in [5.41, 5.74) is 5.31. The van der Waals surface area contributed by atoms with Crippen LogP contribution in [0.25, 0.3) is 0 Å². The average Bonchev–Trinajstić information content (AvgIpc) is 3.26. The minimum Gasteiger partial charge on any atom is -0.489 e. The number of rotatable bonds is 5. The predicted octanol–water partition coefficient (Wildman–Crippen LogP) is 6.16. The number of hydrogen-bond donors (Lipinski definition) is 1. The van der Waals surface area contributed by atoms with Crippen molar-refractivity contribution in [2.75, 3.05) is 17.6 Å². The van der Waals surface area contributed by atoms with Crippen LogP contribution >= 0.6 is 11.8 Å². The predicted molar refractivity (Wildman–Crippen MR) is 124 cm³/mol. The topological polar surface area (TPSA) is 41.6 Å². The largest absolute Gasteiger partial charge is 0.489 e. The lowest BCUT2D eigenvalue weighted by Gasteiger charge is -2.25. The van der Waals surface area contributed by atoms with Gasteiger partial charge in [0.1, 0.15) is 17.7 Å². The maximum absolute atomic E-state index is 13.0. The van der Waals surface area contributed by atoms with Crippen LogP contribution in [0.4, 0.5) is 10.5 Å². The van der Waals surface area contributed by atoms with Crippen LogP contribution in [-0.4, -0.2) is 23.2 Å². The van der Waals surface area contributed by atoms with Crippen molar-refractivity contribution in [2.45, 2.75) is 25.8 Å². The lowest BCUT2D eigenvalue weighted by molar-refractivity contribution is 0.214. The summed E-state index contributed by atoms with van der Waals surface area (Å²) in [4.78, 5) is 14.9. The molecule has 0 aliphatic carbocycles. The first kappa shape index (κ1) is 20.4. The van der Waals surface area contributed by atoms with Crippen molar-refractivity contribution in [3.05, 3.63) is 95.1 Å². The highest BCUT2D eigenvalue weighted by atomic mass is 32.2. The standard InChI is InChI=1S/C25H26N2O2S/c1-18-7-6-8-19(2)23(18)26-25(28)27-15-16-30-24(27)21-11-13-22(14-12-21)29-17-20-9-4-3-5-10-20/h3-14,24H,15-17H2,1-2H3,(H,26,28). The Morgan fingerprint density at radius 2 is 1.70 bits per heavy atom. The maximum atomic E-state index is 13.0. The summed E-state index contributed by atoms with van der Waals surface area (Å²) in [6, 6.07) is 24.2. The summed E-state index contributed by atoms with van der Waals surface area (Å²) in [6.07, 6.45) is 0. The van der Waals surface area contributed by atoms with Gasteiger partial charge in [-0.2, -0.15) is 0 Å². The van der Waals surface area contributed by atoms with Crippen LogP contribution in [0.1, 0.15) is 27.6 Å². The summed E-state index contributed by atoms with van der Waals surface area (Å²) >= 11 is 1.79. The van der Waals surface area contributed by atoms with Crippen molar-refractivity contribution in [1.29, 1.82) is 0 Å². The SMILES string of the molecule is Cc1cccc(C)c1NC(=O)N1CCSC1c1ccc(OCc2ccccc2)cc1. The van der Waals surface area contributed by atoms with Gasteiger partial charge in [-0.1, -0.05) is 60.7 Å². The normalized spacial score (nSPS) is 15.8. The van der Waals surface area contributed by atoms with Gasteiger partial charge < -0.3 is 15.0 Å². The van der Waals surface area contributed by atoms with Gasteiger partial charge in [0.05, 0.1) is 0 Å². The van der Waals surface area contributed by atoms with E-state index in [1.54, 1.807) is 11.8 Å². The Hall–Kier alpha value is -2.92. The summed E-state index contributed by atoms with van der Waals surface area (Å²) in [6.45, 7) is 5.32. The molecule has 4 rings (SSSR count). The summed E-state index contributed by atoms with van der Waals surface area (Å²) in [7, 11) is 0. The molecule has 0 spiro atoms. The van der Waals surface area contributed by atoms with Crippen LogP contribution in [0, 0.1) is 13.8 Å². The fourth-order valence-corrected chi connectivity index (χ4v) is 4.87. The van der Waals surface area contributed by atoms with Crippen molar-refractivity contribution in [2.24, 2.45) is 0 Å². The first-order valence-corrected chi connectivity index (χ1v) is 11.2. The fraction of sp³-hybridized carbons (Fsp3) is 0.240. The average molecular weight is 419 g/mol. The van der Waals surface area contributed by atoms with Gasteiger partial charge in [-0.3, -0.25) is 0 Å². The first-order valence-electron chi connectivity index (χ1n) is 10.1. The molecule has 1 atom stereocenters. The van der Waals surface area contributed by atoms with Crippen LogP contribution < -0.4 is 10.1 Å². The molecule has 0 radical (unpaired) electrons. The molecule has 1 fully saturated rings. The van der Waals surface area contributed by atoms with Crippen LogP contribution in [0.3, 0.4) is 0 Å². The van der Waals surface area contributed by atoms with E-state index in [4.69, 9.17) is 4.74 Å². The summed E-state index contributed by atoms with van der Waals surface area (Å²) in [5.74, 6) is 1.76. The fourth-order valence-electron chi connectivity index (χ4n) is 3.61. The molecule has 1 saturated heterocycles. The second kappa shape index (κ2) is 9.26. The Bertz CT molecular complexity index is 985. The van der Waals surface area contributed by atoms with E-state index in [2.05, 4.69) is 29.6 Å². The van der Waals surface area contributed by atoms with E-state index < -0.39 is 0 Å². The number of amides is 2. The molecule has 154 valence electrons. The molecule has 3 aromatic rings. The number of hydrogen-bond acceptors (Lipinski definition) is 3. The number of para-hydroxylation sites is 1. The lowest BCUT2D eigenvalue weighted by atomic mass is 10.1. The second-order valence-corrected chi connectivity index (χ2v) is 8.64. The molecule has 30 heavy (non-hydrogen) atoms. The molecule has 1 aliphatic rings. The lowest BCUT2D eigenvalue weighted by Crippen LogP contribution is -2.34. The van der Waals surface area contributed by atoms with Gasteiger partial charge in [-0.05, 0) is 48.2 Å². The van der Waals surface area contributed by atoms with Crippen molar-refractivity contribution < 1.29 is 9.53 Å². The van der Waals surface area contributed by atoms with E-state index >= 15 is 0 Å². The zero-order valence-electron chi connectivity index (χ0n) is 17.3. The van der Waals surface area contributed by atoms with E-state index in [0.717, 1.165) is 46.0 Å². The number of carbonyl (C=O) groups excluding carboxylic acids is 1. The zero-order valence-corrected chi connectivity index (χ0v) is 18.1. The number of aryl methyl sites for hydroxylation is 2. The highest BCUT2D eigenvalue weighted by Crippen LogP contribution is 2.39. The second-order valence-electron chi connectivity index (χ2n) is 7.46. The highest BCUT2D eigenvalue weighted by molar-refractivity contribution is 7.99. The molecule has 2 amide bonds. The van der Waals surface area contributed by atoms with E-state index in [9.17, 15) is 4.79 Å². The number of anilines is 1. The van der Waals surface area contributed by atoms with Gasteiger partial charge in [-0.15, -0.1) is 11.8 Å². The molecule has 1 N–H and O–H groups in total. The van der Waals surface area contributed by atoms with Crippen molar-refractivity contribution in [3.8, 4) is 5.75 Å². The quantitative estimate of drug-likeness (QED) is 0.539. The number of nitrogens with zero attached hydrogens (tertiary/aromatic N) is 1. The van der Waals surface area contributed by atoms with Gasteiger partial charge >= 0.3 is 6.03 Å².